The van der Waals surface area contributed by atoms with Crippen molar-refractivity contribution >= 4 is 11.6 Å². The molecule has 1 atom stereocenters. The summed E-state index contributed by atoms with van der Waals surface area (Å²) in [6.45, 7) is 1.50. The predicted octanol–water partition coefficient (Wildman–Crippen LogP) is 2.05. The van der Waals surface area contributed by atoms with E-state index in [0.717, 1.165) is 49.0 Å². The second-order valence-electron chi connectivity index (χ2n) is 6.38. The molecule has 2 N–H and O–H groups in total. The highest BCUT2D eigenvalue weighted by Crippen LogP contribution is 2.27. The van der Waals surface area contributed by atoms with Crippen LogP contribution in [0.25, 0.3) is 5.65 Å². The zero-order chi connectivity index (χ0) is 17.8. The summed E-state index contributed by atoms with van der Waals surface area (Å²) in [6.07, 6.45) is 6.00. The van der Waals surface area contributed by atoms with Crippen LogP contribution in [0, 0.1) is 0 Å². The van der Waals surface area contributed by atoms with E-state index in [-0.39, 0.29) is 6.10 Å². The minimum Gasteiger partial charge on any atom is -0.488 e. The molecule has 0 bridgehead atoms. The lowest BCUT2D eigenvalue weighted by Crippen LogP contribution is -2.42. The van der Waals surface area contributed by atoms with E-state index in [2.05, 4.69) is 38.9 Å². The van der Waals surface area contributed by atoms with Gasteiger partial charge < -0.3 is 19.8 Å². The van der Waals surface area contributed by atoms with Crippen LogP contribution in [-0.4, -0.2) is 41.6 Å². The monoisotopic (exact) mass is 349 g/mol. The van der Waals surface area contributed by atoms with Gasteiger partial charge in [0, 0.05) is 38.8 Å². The molecule has 6 heteroatoms. The average Bonchev–Trinajstić information content (AvgIpc) is 3.27. The van der Waals surface area contributed by atoms with E-state index in [9.17, 15) is 0 Å². The highest BCUT2D eigenvalue weighted by atomic mass is 16.5. The summed E-state index contributed by atoms with van der Waals surface area (Å²) in [5.74, 6) is 1.78. The Balaban J connectivity index is 1.24. The van der Waals surface area contributed by atoms with Crippen LogP contribution >= 0.6 is 0 Å². The first-order valence-electron chi connectivity index (χ1n) is 8.93. The predicted molar refractivity (Wildman–Crippen MR) is 103 cm³/mol. The van der Waals surface area contributed by atoms with Crippen LogP contribution < -0.4 is 15.4 Å². The number of guanidine groups is 1. The number of rotatable bonds is 5. The van der Waals surface area contributed by atoms with Crippen molar-refractivity contribution in [2.75, 3.05) is 20.1 Å². The van der Waals surface area contributed by atoms with E-state index in [4.69, 9.17) is 4.74 Å². The molecule has 0 fully saturated rings. The van der Waals surface area contributed by atoms with Gasteiger partial charge in [0.25, 0.3) is 0 Å². The Hall–Kier alpha value is -3.02. The molecule has 2 aromatic heterocycles. The van der Waals surface area contributed by atoms with Gasteiger partial charge in [-0.05, 0) is 23.8 Å². The molecule has 6 nitrogen and oxygen atoms in total. The summed E-state index contributed by atoms with van der Waals surface area (Å²) in [4.78, 5) is 8.90. The average molecular weight is 349 g/mol. The number of hydrogen-bond acceptors (Lipinski definition) is 3. The molecule has 4 rings (SSSR count). The van der Waals surface area contributed by atoms with Crippen molar-refractivity contribution in [1.82, 2.24) is 20.0 Å². The number of nitrogens with zero attached hydrogens (tertiary/aromatic N) is 3. The summed E-state index contributed by atoms with van der Waals surface area (Å²) in [5.41, 5.74) is 3.31. The molecule has 0 amide bonds. The number of hydrogen-bond donors (Lipinski definition) is 2. The van der Waals surface area contributed by atoms with Crippen molar-refractivity contribution in [2.45, 2.75) is 18.9 Å². The molecular formula is C20H23N5O. The van der Waals surface area contributed by atoms with Crippen molar-refractivity contribution in [3.63, 3.8) is 0 Å². The van der Waals surface area contributed by atoms with E-state index in [1.165, 1.54) is 5.56 Å². The first kappa shape index (κ1) is 16.4. The molecule has 0 radical (unpaired) electrons. The van der Waals surface area contributed by atoms with Gasteiger partial charge in [0.1, 0.15) is 17.5 Å². The van der Waals surface area contributed by atoms with Gasteiger partial charge in [0.2, 0.25) is 0 Å². The van der Waals surface area contributed by atoms with Crippen molar-refractivity contribution in [2.24, 2.45) is 4.99 Å². The van der Waals surface area contributed by atoms with Crippen LogP contribution in [-0.2, 0) is 12.8 Å². The van der Waals surface area contributed by atoms with Crippen molar-refractivity contribution in [1.29, 1.82) is 0 Å². The Morgan fingerprint density at radius 1 is 1.23 bits per heavy atom. The fourth-order valence-corrected chi connectivity index (χ4v) is 3.22. The fourth-order valence-electron chi connectivity index (χ4n) is 3.22. The highest BCUT2D eigenvalue weighted by Gasteiger charge is 2.22. The Morgan fingerprint density at radius 3 is 2.96 bits per heavy atom. The number of ether oxygens (including phenoxy) is 1. The van der Waals surface area contributed by atoms with Gasteiger partial charge in [0.05, 0.1) is 12.2 Å². The lowest BCUT2D eigenvalue weighted by Gasteiger charge is -2.15. The minimum absolute atomic E-state index is 0.143. The minimum atomic E-state index is 0.143. The molecule has 0 spiro atoms. The molecule has 1 aromatic carbocycles. The van der Waals surface area contributed by atoms with Crippen molar-refractivity contribution in [3.8, 4) is 5.75 Å². The molecular weight excluding hydrogens is 326 g/mol. The van der Waals surface area contributed by atoms with E-state index in [0.29, 0.717) is 0 Å². The third-order valence-electron chi connectivity index (χ3n) is 4.52. The van der Waals surface area contributed by atoms with Crippen LogP contribution in [0.3, 0.4) is 0 Å². The molecule has 0 aliphatic carbocycles. The maximum Gasteiger partial charge on any atom is 0.191 e. The van der Waals surface area contributed by atoms with Crippen LogP contribution in [0.1, 0.15) is 11.3 Å². The summed E-state index contributed by atoms with van der Waals surface area (Å²) in [5, 5.41) is 6.69. The molecule has 1 aliphatic heterocycles. The molecule has 26 heavy (non-hydrogen) atoms. The third kappa shape index (κ3) is 3.64. The number of para-hydroxylation sites is 1. The van der Waals surface area contributed by atoms with Gasteiger partial charge in [0.15, 0.2) is 5.96 Å². The molecule has 0 saturated heterocycles. The maximum absolute atomic E-state index is 5.95. The number of aromatic nitrogens is 2. The molecule has 3 heterocycles. The van der Waals surface area contributed by atoms with Crippen LogP contribution in [0.5, 0.6) is 5.75 Å². The number of pyridine rings is 1. The zero-order valence-electron chi connectivity index (χ0n) is 14.9. The smallest absolute Gasteiger partial charge is 0.191 e. The number of fused-ring (bicyclic) bond motifs is 2. The molecule has 1 aliphatic rings. The van der Waals surface area contributed by atoms with Gasteiger partial charge in [-0.1, -0.05) is 24.3 Å². The summed E-state index contributed by atoms with van der Waals surface area (Å²) in [7, 11) is 1.78. The van der Waals surface area contributed by atoms with E-state index < -0.39 is 0 Å². The van der Waals surface area contributed by atoms with Crippen molar-refractivity contribution in [3.05, 3.63) is 66.1 Å². The Bertz CT molecular complexity index is 859. The first-order valence-corrected chi connectivity index (χ1v) is 8.93. The van der Waals surface area contributed by atoms with Crippen LogP contribution in [0.2, 0.25) is 0 Å². The first-order chi connectivity index (χ1) is 12.8. The Kier molecular flexibility index (Phi) is 4.73. The van der Waals surface area contributed by atoms with Crippen LogP contribution in [0.4, 0.5) is 0 Å². The quantitative estimate of drug-likeness (QED) is 0.547. The summed E-state index contributed by atoms with van der Waals surface area (Å²) < 4.78 is 7.99. The second kappa shape index (κ2) is 7.47. The second-order valence-corrected chi connectivity index (χ2v) is 6.38. The topological polar surface area (TPSA) is 63.0 Å². The van der Waals surface area contributed by atoms with Gasteiger partial charge in [-0.2, -0.15) is 0 Å². The molecule has 1 unspecified atom stereocenters. The highest BCUT2D eigenvalue weighted by molar-refractivity contribution is 5.79. The standard InChI is InChI=1S/C20H23N5O/c1-21-20(23-13-17-12-15-6-2-3-7-18(15)26-17)22-10-9-16-14-25-11-5-4-8-19(25)24-16/h2-8,11,14,17H,9-10,12-13H2,1H3,(H2,21,22,23). The van der Waals surface area contributed by atoms with Gasteiger partial charge >= 0.3 is 0 Å². The lowest BCUT2D eigenvalue weighted by atomic mass is 10.1. The van der Waals surface area contributed by atoms with E-state index >= 15 is 0 Å². The summed E-state index contributed by atoms with van der Waals surface area (Å²) in [6, 6.07) is 14.2. The third-order valence-corrected chi connectivity index (χ3v) is 4.52. The van der Waals surface area contributed by atoms with Crippen molar-refractivity contribution < 1.29 is 4.74 Å². The number of imidazole rings is 1. The molecule has 134 valence electrons. The Labute approximate surface area is 152 Å². The lowest BCUT2D eigenvalue weighted by molar-refractivity contribution is 0.235. The largest absolute Gasteiger partial charge is 0.488 e. The number of aliphatic imine (C=N–C) groups is 1. The summed E-state index contributed by atoms with van der Waals surface area (Å²) >= 11 is 0. The van der Waals surface area contributed by atoms with Gasteiger partial charge in [-0.25, -0.2) is 4.98 Å². The molecule has 3 aromatic rings. The van der Waals surface area contributed by atoms with Gasteiger partial charge in [-0.3, -0.25) is 4.99 Å². The van der Waals surface area contributed by atoms with Crippen LogP contribution in [0.15, 0.2) is 59.9 Å². The number of benzene rings is 1. The van der Waals surface area contributed by atoms with E-state index in [1.807, 2.05) is 40.9 Å². The van der Waals surface area contributed by atoms with Gasteiger partial charge in [-0.15, -0.1) is 0 Å². The number of nitrogens with one attached hydrogen (secondary N) is 2. The fraction of sp³-hybridized carbons (Fsp3) is 0.300. The molecule has 0 saturated carbocycles. The zero-order valence-corrected chi connectivity index (χ0v) is 14.9. The maximum atomic E-state index is 5.95. The SMILES string of the molecule is CN=C(NCCc1cn2ccccc2n1)NCC1Cc2ccccc2O1. The normalized spacial score (nSPS) is 16.3. The Morgan fingerprint density at radius 2 is 2.12 bits per heavy atom. The van der Waals surface area contributed by atoms with E-state index in [1.54, 1.807) is 7.05 Å².